The summed E-state index contributed by atoms with van der Waals surface area (Å²) in [4.78, 5) is 17.8. The van der Waals surface area contributed by atoms with Crippen molar-refractivity contribution in [3.8, 4) is 45.4 Å². The lowest BCUT2D eigenvalue weighted by molar-refractivity contribution is 0.0511. The molecular weight excluding hydrogens is 606 g/mol. The van der Waals surface area contributed by atoms with Gasteiger partial charge >= 0.3 is 0 Å². The fourth-order valence-corrected chi connectivity index (χ4v) is 5.26. The zero-order valence-electron chi connectivity index (χ0n) is 25.6. The molecule has 0 saturated heterocycles. The molecule has 0 fully saturated rings. The fraction of sp³-hybridized carbons (Fsp3) is 0.222. The van der Waals surface area contributed by atoms with Crippen LogP contribution in [0.5, 0.6) is 11.5 Å². The molecule has 4 aromatic carbocycles. The van der Waals surface area contributed by atoms with Gasteiger partial charge in [-0.1, -0.05) is 12.1 Å². The number of hydrogen-bond donors (Lipinski definition) is 2. The van der Waals surface area contributed by atoms with E-state index in [1.165, 1.54) is 24.3 Å². The van der Waals surface area contributed by atoms with E-state index in [0.29, 0.717) is 80.2 Å². The smallest absolute Gasteiger partial charge is 0.251 e. The Morgan fingerprint density at radius 2 is 1.43 bits per heavy atom. The maximum Gasteiger partial charge on any atom is 0.251 e. The second-order valence-corrected chi connectivity index (χ2v) is 10.8. The van der Waals surface area contributed by atoms with Gasteiger partial charge in [0.1, 0.15) is 17.5 Å². The average Bonchev–Trinajstić information content (AvgIpc) is 3.71. The van der Waals surface area contributed by atoms with Crippen LogP contribution in [0.3, 0.4) is 0 Å². The number of amides is 1. The molecule has 0 aliphatic carbocycles. The number of fused-ring (bicyclic) bond motifs is 1. The van der Waals surface area contributed by atoms with Crippen LogP contribution in [0.15, 0.2) is 91.0 Å². The summed E-state index contributed by atoms with van der Waals surface area (Å²) < 4.78 is 51.9. The molecule has 5 aromatic rings. The van der Waals surface area contributed by atoms with Crippen molar-refractivity contribution in [1.29, 1.82) is 0 Å². The summed E-state index contributed by atoms with van der Waals surface area (Å²) >= 11 is 0. The summed E-state index contributed by atoms with van der Waals surface area (Å²) in [6, 6.07) is 25.2. The lowest BCUT2D eigenvalue weighted by Crippen LogP contribution is -2.27. The second-order valence-electron chi connectivity index (χ2n) is 10.8. The number of carbonyl (C=O) groups excluding carboxylic acids is 1. The highest BCUT2D eigenvalue weighted by Crippen LogP contribution is 2.40. The number of nitrogens with zero attached hydrogens (tertiary/aromatic N) is 2. The second kappa shape index (κ2) is 15.0. The van der Waals surface area contributed by atoms with Crippen LogP contribution in [-0.4, -0.2) is 61.8 Å². The predicted molar refractivity (Wildman–Crippen MR) is 173 cm³/mol. The summed E-state index contributed by atoms with van der Waals surface area (Å²) in [6.45, 7) is 3.05. The molecule has 0 saturated carbocycles. The maximum absolute atomic E-state index is 14.1. The van der Waals surface area contributed by atoms with Gasteiger partial charge in [-0.3, -0.25) is 4.79 Å². The molecule has 1 aliphatic rings. The van der Waals surface area contributed by atoms with Gasteiger partial charge in [0.25, 0.3) is 5.91 Å². The Labute approximate surface area is 270 Å². The van der Waals surface area contributed by atoms with Crippen LogP contribution in [0, 0.1) is 11.6 Å². The Morgan fingerprint density at radius 1 is 0.787 bits per heavy atom. The molecule has 11 heteroatoms. The zero-order chi connectivity index (χ0) is 32.6. The van der Waals surface area contributed by atoms with Crippen molar-refractivity contribution in [2.75, 3.05) is 46.3 Å². The fourth-order valence-electron chi connectivity index (χ4n) is 5.26. The number of carbonyl (C=O) groups is 1. The van der Waals surface area contributed by atoms with Crippen LogP contribution in [-0.2, 0) is 16.0 Å². The Kier molecular flexibility index (Phi) is 10.2. The summed E-state index contributed by atoms with van der Waals surface area (Å²) in [7, 11) is 0. The van der Waals surface area contributed by atoms with E-state index in [0.717, 1.165) is 22.4 Å². The van der Waals surface area contributed by atoms with E-state index in [-0.39, 0.29) is 24.3 Å². The summed E-state index contributed by atoms with van der Waals surface area (Å²) in [5.41, 5.74) is 10.3. The number of benzene rings is 4. The van der Waals surface area contributed by atoms with E-state index in [1.54, 1.807) is 36.4 Å². The summed E-state index contributed by atoms with van der Waals surface area (Å²) in [5, 5.41) is 2.86. The summed E-state index contributed by atoms with van der Waals surface area (Å²) in [6.07, 6.45) is 0. The minimum absolute atomic E-state index is 0.131. The lowest BCUT2D eigenvalue weighted by Gasteiger charge is -2.15. The predicted octanol–water partition coefficient (Wildman–Crippen LogP) is 5.66. The summed E-state index contributed by atoms with van der Waals surface area (Å²) in [5.74, 6) is 0.921. The Hall–Kier alpha value is -5.10. The van der Waals surface area contributed by atoms with Crippen LogP contribution in [0.2, 0.25) is 0 Å². The van der Waals surface area contributed by atoms with Crippen molar-refractivity contribution in [2.45, 2.75) is 6.54 Å². The molecule has 0 radical (unpaired) electrons. The van der Waals surface area contributed by atoms with E-state index in [1.807, 2.05) is 34.9 Å². The number of nitrogens with one attached hydrogen (secondary N) is 1. The molecule has 0 atom stereocenters. The van der Waals surface area contributed by atoms with Gasteiger partial charge in [0.05, 0.1) is 37.8 Å². The van der Waals surface area contributed by atoms with Crippen molar-refractivity contribution in [3.63, 3.8) is 0 Å². The van der Waals surface area contributed by atoms with Crippen molar-refractivity contribution < 1.29 is 32.5 Å². The van der Waals surface area contributed by atoms with Gasteiger partial charge in [-0.05, 0) is 84.4 Å². The molecule has 0 bridgehead atoms. The molecule has 0 unspecified atom stereocenters. The first-order valence-electron chi connectivity index (χ1n) is 15.3. The molecular formula is C36H34F2N4O5. The van der Waals surface area contributed by atoms with E-state index in [2.05, 4.69) is 5.32 Å². The molecule has 1 aliphatic heterocycles. The van der Waals surface area contributed by atoms with Crippen LogP contribution in [0.1, 0.15) is 15.9 Å². The third-order valence-electron chi connectivity index (χ3n) is 7.56. The first-order chi connectivity index (χ1) is 23.0. The van der Waals surface area contributed by atoms with Crippen molar-refractivity contribution in [1.82, 2.24) is 14.9 Å². The van der Waals surface area contributed by atoms with E-state index in [9.17, 15) is 13.6 Å². The Bertz CT molecular complexity index is 1810. The Morgan fingerprint density at radius 3 is 2.13 bits per heavy atom. The third kappa shape index (κ3) is 7.66. The molecule has 2 heterocycles. The number of ether oxygens (including phenoxy) is 4. The van der Waals surface area contributed by atoms with Crippen LogP contribution < -0.4 is 20.5 Å². The van der Waals surface area contributed by atoms with Crippen molar-refractivity contribution >= 4 is 5.91 Å². The number of aromatic nitrogens is 2. The molecule has 1 amide bonds. The molecule has 0 spiro atoms. The van der Waals surface area contributed by atoms with Crippen molar-refractivity contribution in [3.05, 3.63) is 114 Å². The zero-order valence-corrected chi connectivity index (χ0v) is 25.6. The van der Waals surface area contributed by atoms with Gasteiger partial charge in [-0.2, -0.15) is 0 Å². The van der Waals surface area contributed by atoms with Crippen LogP contribution in [0.4, 0.5) is 8.78 Å². The molecule has 9 nitrogen and oxygen atoms in total. The topological polar surface area (TPSA) is 110 Å². The highest BCUT2D eigenvalue weighted by Gasteiger charge is 2.24. The first-order valence-corrected chi connectivity index (χ1v) is 15.3. The number of rotatable bonds is 14. The molecule has 47 heavy (non-hydrogen) atoms. The number of halogens is 2. The first kappa shape index (κ1) is 31.9. The van der Waals surface area contributed by atoms with Crippen LogP contribution in [0.25, 0.3) is 33.9 Å². The minimum atomic E-state index is -0.365. The van der Waals surface area contributed by atoms with Gasteiger partial charge in [0.2, 0.25) is 6.79 Å². The maximum atomic E-state index is 14.1. The monoisotopic (exact) mass is 640 g/mol. The van der Waals surface area contributed by atoms with Gasteiger partial charge in [0, 0.05) is 41.9 Å². The molecule has 6 rings (SSSR count). The quantitative estimate of drug-likeness (QED) is 0.151. The highest BCUT2D eigenvalue weighted by molar-refractivity contribution is 5.94. The van der Waals surface area contributed by atoms with Gasteiger partial charge in [-0.25, -0.2) is 13.8 Å². The van der Waals surface area contributed by atoms with Crippen molar-refractivity contribution in [2.24, 2.45) is 5.73 Å². The van der Waals surface area contributed by atoms with Gasteiger partial charge in [0.15, 0.2) is 11.5 Å². The standard InChI is InChI=1S/C36H34F2N4O5/c37-29-10-5-25(6-11-29)33-34(26-7-12-30(38)13-8-26)42(35(41-33)28-9-14-31-32(21-28)47-23-46-31)22-24-1-3-27(4-2-24)36(43)40-16-18-45-20-19-44-17-15-39/h1-14,21H,15-20,22-23,39H2,(H,40,43). The highest BCUT2D eigenvalue weighted by atomic mass is 19.1. The molecule has 1 aromatic heterocycles. The number of nitrogens with two attached hydrogens (primary N) is 1. The van der Waals surface area contributed by atoms with Gasteiger partial charge in [-0.15, -0.1) is 0 Å². The average molecular weight is 641 g/mol. The molecule has 3 N–H and O–H groups in total. The SMILES string of the molecule is NCCOCCOCCNC(=O)c1ccc(Cn2c(-c3ccc4c(c3)OCO4)nc(-c3ccc(F)cc3)c2-c2ccc(F)cc2)cc1. The minimum Gasteiger partial charge on any atom is -0.454 e. The number of imidazole rings is 1. The van der Waals surface area contributed by atoms with E-state index < -0.39 is 0 Å². The Balaban J connectivity index is 1.30. The number of hydrogen-bond acceptors (Lipinski definition) is 7. The normalized spacial score (nSPS) is 12.0. The van der Waals surface area contributed by atoms with E-state index in [4.69, 9.17) is 29.7 Å². The third-order valence-corrected chi connectivity index (χ3v) is 7.56. The molecule has 242 valence electrons. The van der Waals surface area contributed by atoms with Crippen LogP contribution >= 0.6 is 0 Å². The van der Waals surface area contributed by atoms with E-state index >= 15 is 0 Å². The van der Waals surface area contributed by atoms with Gasteiger partial charge < -0.3 is 34.6 Å². The largest absolute Gasteiger partial charge is 0.454 e. The lowest BCUT2D eigenvalue weighted by atomic mass is 10.0.